The van der Waals surface area contributed by atoms with Crippen molar-refractivity contribution in [2.24, 2.45) is 0 Å². The van der Waals surface area contributed by atoms with Gasteiger partial charge in [0, 0.05) is 13.0 Å². The fraction of sp³-hybridized carbons (Fsp3) is 0.947. The van der Waals surface area contributed by atoms with Gasteiger partial charge in [-0.25, -0.2) is 0 Å². The van der Waals surface area contributed by atoms with Crippen molar-refractivity contribution >= 4 is 45.5 Å². The van der Waals surface area contributed by atoms with Crippen molar-refractivity contribution in [3.63, 3.8) is 0 Å². The molecule has 0 bridgehead atoms. The van der Waals surface area contributed by atoms with Crippen LogP contribution in [0.2, 0.25) is 0 Å². The van der Waals surface area contributed by atoms with Crippen LogP contribution < -0.4 is 5.32 Å². The Kier molecular flexibility index (Phi) is 20.9. The maximum atomic E-state index is 11.9. The number of nitrogens with one attached hydrogen (secondary N) is 1. The van der Waals surface area contributed by atoms with Crippen LogP contribution in [-0.2, 0) is 14.9 Å². The summed E-state index contributed by atoms with van der Waals surface area (Å²) in [5, 5.41) is 1.32. The fourth-order valence-corrected chi connectivity index (χ4v) is 3.88. The van der Waals surface area contributed by atoms with E-state index >= 15 is 0 Å². The minimum absolute atomic E-state index is 0. The second-order valence-electron chi connectivity index (χ2n) is 7.02. The first-order valence-electron chi connectivity index (χ1n) is 10.1. The van der Waals surface area contributed by atoms with E-state index in [-0.39, 0.29) is 48.3 Å². The van der Waals surface area contributed by atoms with Crippen LogP contribution in [0.4, 0.5) is 0 Å². The van der Waals surface area contributed by atoms with Crippen molar-refractivity contribution in [1.82, 2.24) is 5.32 Å². The third-order valence-electron chi connectivity index (χ3n) is 4.63. The molecule has 0 aromatic heterocycles. The molecule has 0 radical (unpaired) electrons. The molecule has 152 valence electrons. The number of hydrogen-bond acceptors (Lipinski definition) is 4. The topological polar surface area (TPSA) is 83.5 Å². The Morgan fingerprint density at radius 2 is 1.23 bits per heavy atom. The van der Waals surface area contributed by atoms with Crippen molar-refractivity contribution in [2.45, 2.75) is 102 Å². The maximum absolute atomic E-state index is 11.9. The SMILES string of the molecule is CCCCCCCCCCCCCCCC(=O)C(CNC)S(=O)(=O)O.[NaH]. The van der Waals surface area contributed by atoms with E-state index in [1.54, 1.807) is 7.05 Å². The predicted octanol–water partition coefficient (Wildman–Crippen LogP) is 3.86. The van der Waals surface area contributed by atoms with Gasteiger partial charge in [0.2, 0.25) is 0 Å². The molecule has 0 fully saturated rings. The van der Waals surface area contributed by atoms with E-state index in [9.17, 15) is 13.2 Å². The van der Waals surface area contributed by atoms with Gasteiger partial charge in [0.15, 0.2) is 11.0 Å². The van der Waals surface area contributed by atoms with Crippen molar-refractivity contribution in [2.75, 3.05) is 13.6 Å². The average Bonchev–Trinajstić information content (AvgIpc) is 2.55. The summed E-state index contributed by atoms with van der Waals surface area (Å²) < 4.78 is 31.5. The van der Waals surface area contributed by atoms with Crippen LogP contribution in [0.15, 0.2) is 0 Å². The van der Waals surface area contributed by atoms with Gasteiger partial charge < -0.3 is 5.32 Å². The van der Waals surface area contributed by atoms with Crippen molar-refractivity contribution in [3.8, 4) is 0 Å². The molecule has 0 amide bonds. The molecular weight excluding hydrogens is 361 g/mol. The van der Waals surface area contributed by atoms with E-state index in [0.717, 1.165) is 12.8 Å². The Morgan fingerprint density at radius 1 is 0.846 bits per heavy atom. The van der Waals surface area contributed by atoms with Crippen LogP contribution in [0.3, 0.4) is 0 Å². The summed E-state index contributed by atoms with van der Waals surface area (Å²) in [6.07, 6.45) is 16.1. The van der Waals surface area contributed by atoms with Crippen molar-refractivity contribution in [3.05, 3.63) is 0 Å². The van der Waals surface area contributed by atoms with E-state index < -0.39 is 15.4 Å². The van der Waals surface area contributed by atoms with E-state index in [0.29, 0.717) is 6.42 Å². The number of ketones is 1. The van der Waals surface area contributed by atoms with Gasteiger partial charge in [-0.15, -0.1) is 0 Å². The molecule has 0 aromatic carbocycles. The summed E-state index contributed by atoms with van der Waals surface area (Å²) in [6.45, 7) is 2.21. The minimum atomic E-state index is -4.31. The molecule has 26 heavy (non-hydrogen) atoms. The zero-order valence-electron chi connectivity index (χ0n) is 16.3. The first-order valence-corrected chi connectivity index (χ1v) is 11.6. The Bertz CT molecular complexity index is 429. The van der Waals surface area contributed by atoms with E-state index in [2.05, 4.69) is 12.2 Å². The van der Waals surface area contributed by atoms with E-state index in [1.165, 1.54) is 64.2 Å². The van der Waals surface area contributed by atoms with Crippen LogP contribution in [0.1, 0.15) is 96.8 Å². The standard InChI is InChI=1S/C19H39NO4S.Na.H/c1-3-4-5-6-7-8-9-10-11-12-13-14-15-16-18(21)19(17-20-2)25(22,23)24;;/h19-20H,3-17H2,1-2H3,(H,22,23,24);;. The third-order valence-corrected chi connectivity index (χ3v) is 5.78. The number of hydrogen-bond donors (Lipinski definition) is 2. The van der Waals surface area contributed by atoms with Gasteiger partial charge in [0.05, 0.1) is 0 Å². The second kappa shape index (κ2) is 18.9. The molecule has 0 saturated heterocycles. The molecule has 0 aliphatic heterocycles. The summed E-state index contributed by atoms with van der Waals surface area (Å²) in [7, 11) is -2.74. The van der Waals surface area contributed by atoms with Crippen molar-refractivity contribution < 1.29 is 17.8 Å². The second-order valence-corrected chi connectivity index (χ2v) is 8.62. The zero-order valence-corrected chi connectivity index (χ0v) is 17.1. The monoisotopic (exact) mass is 401 g/mol. The third kappa shape index (κ3) is 16.7. The molecule has 0 aliphatic carbocycles. The van der Waals surface area contributed by atoms with Gasteiger partial charge in [0.25, 0.3) is 10.1 Å². The molecule has 5 nitrogen and oxygen atoms in total. The molecule has 0 heterocycles. The van der Waals surface area contributed by atoms with Crippen molar-refractivity contribution in [1.29, 1.82) is 0 Å². The van der Waals surface area contributed by atoms with Crippen LogP contribution in [0, 0.1) is 0 Å². The number of rotatable bonds is 18. The van der Waals surface area contributed by atoms with Crippen LogP contribution in [0.5, 0.6) is 0 Å². The van der Waals surface area contributed by atoms with Crippen LogP contribution in [-0.4, -0.2) is 67.2 Å². The first-order chi connectivity index (χ1) is 11.9. The van der Waals surface area contributed by atoms with Gasteiger partial charge >= 0.3 is 29.6 Å². The number of Topliss-reactive ketones (excluding diaryl/α,β-unsaturated/α-hetero) is 1. The quantitative estimate of drug-likeness (QED) is 0.207. The summed E-state index contributed by atoms with van der Waals surface area (Å²) in [4.78, 5) is 11.9. The molecule has 0 aromatic rings. The van der Waals surface area contributed by atoms with Crippen LogP contribution in [0.25, 0.3) is 0 Å². The van der Waals surface area contributed by atoms with Crippen LogP contribution >= 0.6 is 0 Å². The first kappa shape index (κ1) is 28.7. The molecule has 7 heteroatoms. The molecule has 1 unspecified atom stereocenters. The predicted molar refractivity (Wildman–Crippen MR) is 112 cm³/mol. The van der Waals surface area contributed by atoms with Gasteiger partial charge in [-0.05, 0) is 13.5 Å². The Labute approximate surface area is 183 Å². The molecular formula is C19H40NNaO4S. The number of unbranched alkanes of at least 4 members (excludes halogenated alkanes) is 12. The normalized spacial score (nSPS) is 12.6. The molecule has 0 spiro atoms. The summed E-state index contributed by atoms with van der Waals surface area (Å²) in [6, 6.07) is 0. The van der Waals surface area contributed by atoms with Gasteiger partial charge in [-0.3, -0.25) is 9.35 Å². The Morgan fingerprint density at radius 3 is 1.58 bits per heavy atom. The van der Waals surface area contributed by atoms with E-state index in [1.807, 2.05) is 0 Å². The number of carbonyl (C=O) groups excluding carboxylic acids is 1. The summed E-state index contributed by atoms with van der Waals surface area (Å²) in [5.41, 5.74) is 0. The zero-order chi connectivity index (χ0) is 19.0. The molecule has 0 rings (SSSR count). The number of carbonyl (C=O) groups is 1. The van der Waals surface area contributed by atoms with E-state index in [4.69, 9.17) is 4.55 Å². The average molecular weight is 402 g/mol. The Balaban J connectivity index is 0. The van der Waals surface area contributed by atoms with Gasteiger partial charge in [-0.2, -0.15) is 8.42 Å². The summed E-state index contributed by atoms with van der Waals surface area (Å²) >= 11 is 0. The Hall–Kier alpha value is 0.540. The molecule has 0 saturated carbocycles. The van der Waals surface area contributed by atoms with Gasteiger partial charge in [0.1, 0.15) is 0 Å². The summed E-state index contributed by atoms with van der Waals surface area (Å²) in [5.74, 6) is -0.389. The fourth-order valence-electron chi connectivity index (χ4n) is 3.05. The van der Waals surface area contributed by atoms with Gasteiger partial charge in [-0.1, -0.05) is 84.0 Å². The molecule has 0 aliphatic rings. The molecule has 2 N–H and O–H groups in total. The molecule has 1 atom stereocenters.